The van der Waals surface area contributed by atoms with Crippen LogP contribution >= 0.6 is 0 Å². The average molecular weight is 282 g/mol. The molecule has 108 valence electrons. The van der Waals surface area contributed by atoms with Gasteiger partial charge in [0.1, 0.15) is 6.29 Å². The second-order valence-corrected chi connectivity index (χ2v) is 4.83. The zero-order chi connectivity index (χ0) is 15.1. The van der Waals surface area contributed by atoms with E-state index in [1.54, 1.807) is 12.1 Å². The van der Waals surface area contributed by atoms with Gasteiger partial charge >= 0.3 is 0 Å². The highest BCUT2D eigenvalue weighted by atomic mass is 16.1. The summed E-state index contributed by atoms with van der Waals surface area (Å²) < 4.78 is 0. The van der Waals surface area contributed by atoms with E-state index in [4.69, 9.17) is 5.73 Å². The minimum absolute atomic E-state index is 0.356. The molecule has 0 aromatic heterocycles. The van der Waals surface area contributed by atoms with Crippen LogP contribution in [-0.2, 0) is 17.8 Å². The molecule has 1 atom stereocenters. The van der Waals surface area contributed by atoms with Crippen molar-refractivity contribution in [2.45, 2.75) is 19.0 Å². The Labute approximate surface area is 124 Å². The van der Waals surface area contributed by atoms with Crippen LogP contribution in [0.1, 0.15) is 21.5 Å². The molecule has 2 rings (SSSR count). The van der Waals surface area contributed by atoms with Gasteiger partial charge in [0, 0.05) is 12.1 Å². The van der Waals surface area contributed by atoms with Crippen molar-refractivity contribution in [2.24, 2.45) is 5.73 Å². The number of nitrogens with one attached hydrogen (secondary N) is 1. The molecule has 3 N–H and O–H groups in total. The summed E-state index contributed by atoms with van der Waals surface area (Å²) in [4.78, 5) is 22.6. The van der Waals surface area contributed by atoms with Crippen LogP contribution in [0.15, 0.2) is 54.6 Å². The molecular formula is C17H18N2O2. The van der Waals surface area contributed by atoms with E-state index < -0.39 is 5.91 Å². The lowest BCUT2D eigenvalue weighted by Gasteiger charge is -2.14. The maximum atomic E-state index is 11.4. The molecule has 21 heavy (non-hydrogen) atoms. The average Bonchev–Trinajstić information content (AvgIpc) is 2.52. The predicted molar refractivity (Wildman–Crippen MR) is 81.8 cm³/mol. The highest BCUT2D eigenvalue weighted by Gasteiger charge is 2.13. The smallest absolute Gasteiger partial charge is 0.248 e. The number of carbonyl (C=O) groups is 2. The number of carbonyl (C=O) groups excluding carboxylic acids is 2. The molecule has 2 aromatic carbocycles. The van der Waals surface area contributed by atoms with Crippen LogP contribution < -0.4 is 11.1 Å². The summed E-state index contributed by atoms with van der Waals surface area (Å²) in [5.74, 6) is -0.474. The van der Waals surface area contributed by atoms with Crippen LogP contribution in [0.5, 0.6) is 0 Å². The number of primary amides is 1. The first kappa shape index (κ1) is 14.9. The largest absolute Gasteiger partial charge is 0.366 e. The number of amides is 1. The molecule has 0 spiro atoms. The molecule has 0 fully saturated rings. The van der Waals surface area contributed by atoms with Gasteiger partial charge in [-0.1, -0.05) is 48.5 Å². The molecule has 0 unspecified atom stereocenters. The van der Waals surface area contributed by atoms with Gasteiger partial charge in [0.15, 0.2) is 0 Å². The van der Waals surface area contributed by atoms with Crippen LogP contribution in [0.4, 0.5) is 0 Å². The van der Waals surface area contributed by atoms with Gasteiger partial charge in [-0.05, 0) is 23.6 Å². The number of nitrogens with two attached hydrogens (primary N) is 1. The molecule has 0 heterocycles. The molecule has 4 nitrogen and oxygen atoms in total. The molecule has 1 amide bonds. The highest BCUT2D eigenvalue weighted by molar-refractivity contribution is 5.94. The zero-order valence-electron chi connectivity index (χ0n) is 11.7. The summed E-state index contributed by atoms with van der Waals surface area (Å²) in [7, 11) is 0. The third kappa shape index (κ3) is 4.26. The standard InChI is InChI=1S/C17H18N2O2/c18-17(21)16-9-5-4-8-14(16)10-15(12-20)19-11-13-6-2-1-3-7-13/h1-9,12,15,19H,10-11H2,(H2,18,21)/t15-/m0/s1. The Morgan fingerprint density at radius 1 is 1.10 bits per heavy atom. The summed E-state index contributed by atoms with van der Waals surface area (Å²) in [5, 5.41) is 3.18. The third-order valence-electron chi connectivity index (χ3n) is 3.30. The van der Waals surface area contributed by atoms with Crippen molar-refractivity contribution < 1.29 is 9.59 Å². The SMILES string of the molecule is NC(=O)c1ccccc1C[C@@H](C=O)NCc1ccccc1. The molecular weight excluding hydrogens is 264 g/mol. The van der Waals surface area contributed by atoms with Crippen molar-refractivity contribution in [3.8, 4) is 0 Å². The van der Waals surface area contributed by atoms with Gasteiger partial charge < -0.3 is 15.8 Å². The van der Waals surface area contributed by atoms with E-state index in [0.717, 1.165) is 17.4 Å². The summed E-state index contributed by atoms with van der Waals surface area (Å²) in [6.07, 6.45) is 1.30. The molecule has 4 heteroatoms. The quantitative estimate of drug-likeness (QED) is 0.759. The Morgan fingerprint density at radius 2 is 1.76 bits per heavy atom. The molecule has 0 saturated carbocycles. The first-order valence-corrected chi connectivity index (χ1v) is 6.81. The Hall–Kier alpha value is -2.46. The number of aldehydes is 1. The fourth-order valence-corrected chi connectivity index (χ4v) is 2.19. The van der Waals surface area contributed by atoms with E-state index in [0.29, 0.717) is 18.5 Å². The van der Waals surface area contributed by atoms with Gasteiger partial charge in [-0.3, -0.25) is 4.79 Å². The van der Waals surface area contributed by atoms with Gasteiger partial charge in [0.2, 0.25) is 5.91 Å². The fourth-order valence-electron chi connectivity index (χ4n) is 2.19. The van der Waals surface area contributed by atoms with Crippen LogP contribution in [0.2, 0.25) is 0 Å². The van der Waals surface area contributed by atoms with Crippen LogP contribution in [0.3, 0.4) is 0 Å². The molecule has 0 aliphatic rings. The second kappa shape index (κ2) is 7.36. The van der Waals surface area contributed by atoms with Crippen LogP contribution in [-0.4, -0.2) is 18.2 Å². The molecule has 0 radical (unpaired) electrons. The first-order chi connectivity index (χ1) is 10.2. The number of hydrogen-bond donors (Lipinski definition) is 2. The number of benzene rings is 2. The summed E-state index contributed by atoms with van der Waals surface area (Å²) in [6.45, 7) is 0.600. The Balaban J connectivity index is 2.03. The molecule has 0 aliphatic heterocycles. The lowest BCUT2D eigenvalue weighted by Crippen LogP contribution is -2.32. The normalized spacial score (nSPS) is 11.8. The molecule has 2 aromatic rings. The molecule has 0 bridgehead atoms. The van der Waals surface area contributed by atoms with Crippen molar-refractivity contribution >= 4 is 12.2 Å². The minimum atomic E-state index is -0.474. The van der Waals surface area contributed by atoms with Crippen LogP contribution in [0.25, 0.3) is 0 Å². The van der Waals surface area contributed by atoms with Gasteiger partial charge in [0.25, 0.3) is 0 Å². The summed E-state index contributed by atoms with van der Waals surface area (Å²) in [5.41, 5.74) is 7.70. The summed E-state index contributed by atoms with van der Waals surface area (Å²) >= 11 is 0. The molecule has 0 saturated heterocycles. The zero-order valence-corrected chi connectivity index (χ0v) is 11.7. The lowest BCUT2D eigenvalue weighted by molar-refractivity contribution is -0.109. The predicted octanol–water partition coefficient (Wildman–Crippen LogP) is 1.69. The minimum Gasteiger partial charge on any atom is -0.366 e. The number of rotatable bonds is 7. The highest BCUT2D eigenvalue weighted by Crippen LogP contribution is 2.10. The van der Waals surface area contributed by atoms with Gasteiger partial charge in [0.05, 0.1) is 6.04 Å². The lowest BCUT2D eigenvalue weighted by atomic mass is 10.00. The van der Waals surface area contributed by atoms with Crippen molar-refractivity contribution in [2.75, 3.05) is 0 Å². The Morgan fingerprint density at radius 3 is 2.43 bits per heavy atom. The number of hydrogen-bond acceptors (Lipinski definition) is 3. The first-order valence-electron chi connectivity index (χ1n) is 6.81. The van der Waals surface area contributed by atoms with Gasteiger partial charge in [-0.2, -0.15) is 0 Å². The van der Waals surface area contributed by atoms with Crippen molar-refractivity contribution in [1.29, 1.82) is 0 Å². The topological polar surface area (TPSA) is 72.2 Å². The third-order valence-corrected chi connectivity index (χ3v) is 3.30. The van der Waals surface area contributed by atoms with Crippen molar-refractivity contribution in [1.82, 2.24) is 5.32 Å². The van der Waals surface area contributed by atoms with E-state index in [1.165, 1.54) is 0 Å². The Bertz CT molecular complexity index is 611. The molecule has 0 aliphatic carbocycles. The Kier molecular flexibility index (Phi) is 5.23. The monoisotopic (exact) mass is 282 g/mol. The fraction of sp³-hybridized carbons (Fsp3) is 0.176. The summed E-state index contributed by atoms with van der Waals surface area (Å²) in [6, 6.07) is 16.6. The van der Waals surface area contributed by atoms with Gasteiger partial charge in [-0.25, -0.2) is 0 Å². The maximum Gasteiger partial charge on any atom is 0.248 e. The van der Waals surface area contributed by atoms with E-state index in [2.05, 4.69) is 5.32 Å². The van der Waals surface area contributed by atoms with E-state index in [9.17, 15) is 9.59 Å². The van der Waals surface area contributed by atoms with Crippen molar-refractivity contribution in [3.63, 3.8) is 0 Å². The second-order valence-electron chi connectivity index (χ2n) is 4.83. The van der Waals surface area contributed by atoms with E-state index in [1.807, 2.05) is 42.5 Å². The van der Waals surface area contributed by atoms with Crippen molar-refractivity contribution in [3.05, 3.63) is 71.3 Å². The maximum absolute atomic E-state index is 11.4. The van der Waals surface area contributed by atoms with E-state index in [-0.39, 0.29) is 6.04 Å². The van der Waals surface area contributed by atoms with Gasteiger partial charge in [-0.15, -0.1) is 0 Å². The van der Waals surface area contributed by atoms with Crippen LogP contribution in [0, 0.1) is 0 Å². The van der Waals surface area contributed by atoms with E-state index >= 15 is 0 Å².